The number of urea groups is 1. The van der Waals surface area contributed by atoms with Gasteiger partial charge in [-0.15, -0.1) is 11.3 Å². The predicted octanol–water partition coefficient (Wildman–Crippen LogP) is 1.89. The van der Waals surface area contributed by atoms with Crippen molar-refractivity contribution in [2.45, 2.75) is 18.9 Å². The van der Waals surface area contributed by atoms with E-state index in [1.165, 1.54) is 11.3 Å². The third-order valence-electron chi connectivity index (χ3n) is 3.14. The molecule has 0 aliphatic heterocycles. The number of nitrogens with one attached hydrogen (secondary N) is 2. The van der Waals surface area contributed by atoms with Gasteiger partial charge < -0.3 is 15.7 Å². The van der Waals surface area contributed by atoms with Crippen molar-refractivity contribution in [3.8, 4) is 0 Å². The van der Waals surface area contributed by atoms with Gasteiger partial charge in [0, 0.05) is 18.3 Å². The highest BCUT2D eigenvalue weighted by Gasteiger charge is 2.23. The van der Waals surface area contributed by atoms with Crippen molar-refractivity contribution in [3.63, 3.8) is 0 Å². The summed E-state index contributed by atoms with van der Waals surface area (Å²) in [6.07, 6.45) is 0.700. The minimum absolute atomic E-state index is 0.152. The number of benzene rings is 1. The SMILES string of the molecule is CC(O)(CNC(=O)NCCc1cscn1)c1ccccc1. The number of thiazole rings is 1. The second kappa shape index (κ2) is 7.19. The van der Waals surface area contributed by atoms with Crippen molar-refractivity contribution in [1.82, 2.24) is 15.6 Å². The molecule has 1 aromatic carbocycles. The number of hydrogen-bond donors (Lipinski definition) is 3. The van der Waals surface area contributed by atoms with Crippen LogP contribution in [0.2, 0.25) is 0 Å². The summed E-state index contributed by atoms with van der Waals surface area (Å²) >= 11 is 1.54. The van der Waals surface area contributed by atoms with Crippen LogP contribution in [0.5, 0.6) is 0 Å². The normalized spacial score (nSPS) is 13.4. The Morgan fingerprint density at radius 1 is 1.33 bits per heavy atom. The lowest BCUT2D eigenvalue weighted by molar-refractivity contribution is 0.0594. The molecule has 1 heterocycles. The van der Waals surface area contributed by atoms with Crippen LogP contribution in [-0.4, -0.2) is 29.2 Å². The third kappa shape index (κ3) is 4.84. The molecule has 2 amide bonds. The zero-order chi connectivity index (χ0) is 15.1. The lowest BCUT2D eigenvalue weighted by Crippen LogP contribution is -2.43. The monoisotopic (exact) mass is 305 g/mol. The van der Waals surface area contributed by atoms with Crippen LogP contribution in [0.15, 0.2) is 41.2 Å². The zero-order valence-electron chi connectivity index (χ0n) is 11.9. The molecular formula is C15H19N3O2S. The second-order valence-corrected chi connectivity index (χ2v) is 5.70. The van der Waals surface area contributed by atoms with Gasteiger partial charge in [-0.05, 0) is 12.5 Å². The zero-order valence-corrected chi connectivity index (χ0v) is 12.7. The van der Waals surface area contributed by atoms with E-state index in [9.17, 15) is 9.90 Å². The van der Waals surface area contributed by atoms with Gasteiger partial charge in [0.2, 0.25) is 0 Å². The molecule has 21 heavy (non-hydrogen) atoms. The number of carbonyl (C=O) groups excluding carboxylic acids is 1. The Morgan fingerprint density at radius 2 is 2.10 bits per heavy atom. The molecule has 0 bridgehead atoms. The van der Waals surface area contributed by atoms with Crippen LogP contribution in [0.4, 0.5) is 4.79 Å². The van der Waals surface area contributed by atoms with E-state index in [1.54, 1.807) is 12.4 Å². The number of rotatable bonds is 6. The Balaban J connectivity index is 1.73. The van der Waals surface area contributed by atoms with E-state index in [-0.39, 0.29) is 12.6 Å². The van der Waals surface area contributed by atoms with Crippen LogP contribution in [-0.2, 0) is 12.0 Å². The molecule has 5 nitrogen and oxygen atoms in total. The first-order chi connectivity index (χ1) is 10.1. The topological polar surface area (TPSA) is 74.2 Å². The molecule has 0 saturated carbocycles. The van der Waals surface area contributed by atoms with Crippen LogP contribution in [0, 0.1) is 0 Å². The molecule has 1 atom stereocenters. The fraction of sp³-hybridized carbons (Fsp3) is 0.333. The Morgan fingerprint density at radius 3 is 2.76 bits per heavy atom. The van der Waals surface area contributed by atoms with Crippen LogP contribution in [0.25, 0.3) is 0 Å². The van der Waals surface area contributed by atoms with E-state index >= 15 is 0 Å². The number of hydrogen-bond acceptors (Lipinski definition) is 4. The van der Waals surface area contributed by atoms with E-state index < -0.39 is 5.60 Å². The largest absolute Gasteiger partial charge is 0.384 e. The lowest BCUT2D eigenvalue weighted by atomic mass is 9.96. The van der Waals surface area contributed by atoms with Gasteiger partial charge >= 0.3 is 6.03 Å². The second-order valence-electron chi connectivity index (χ2n) is 4.98. The molecule has 2 rings (SSSR count). The summed E-state index contributed by atoms with van der Waals surface area (Å²) in [4.78, 5) is 15.8. The maximum atomic E-state index is 11.7. The fourth-order valence-corrected chi connectivity index (χ4v) is 2.47. The van der Waals surface area contributed by atoms with Crippen LogP contribution in [0.3, 0.4) is 0 Å². The predicted molar refractivity (Wildman–Crippen MR) is 83.2 cm³/mol. The van der Waals surface area contributed by atoms with Crippen LogP contribution < -0.4 is 10.6 Å². The summed E-state index contributed by atoms with van der Waals surface area (Å²) in [5.74, 6) is 0. The summed E-state index contributed by atoms with van der Waals surface area (Å²) in [5, 5.41) is 17.7. The van der Waals surface area contributed by atoms with Gasteiger partial charge in [0.05, 0.1) is 17.7 Å². The molecule has 6 heteroatoms. The average molecular weight is 305 g/mol. The molecule has 0 fully saturated rings. The van der Waals surface area contributed by atoms with Crippen molar-refractivity contribution >= 4 is 17.4 Å². The molecule has 0 spiro atoms. The number of amides is 2. The maximum Gasteiger partial charge on any atom is 0.314 e. The molecule has 2 aromatic rings. The molecular weight excluding hydrogens is 286 g/mol. The smallest absolute Gasteiger partial charge is 0.314 e. The Hall–Kier alpha value is -1.92. The third-order valence-corrected chi connectivity index (χ3v) is 3.77. The van der Waals surface area contributed by atoms with E-state index in [2.05, 4.69) is 15.6 Å². The summed E-state index contributed by atoms with van der Waals surface area (Å²) in [7, 11) is 0. The standard InChI is InChI=1S/C15H19N3O2S/c1-15(20,12-5-3-2-4-6-12)10-17-14(19)16-8-7-13-9-21-11-18-13/h2-6,9,11,20H,7-8,10H2,1H3,(H2,16,17,19). The minimum Gasteiger partial charge on any atom is -0.384 e. The van der Waals surface area contributed by atoms with Crippen molar-refractivity contribution in [3.05, 3.63) is 52.5 Å². The van der Waals surface area contributed by atoms with E-state index in [0.29, 0.717) is 13.0 Å². The number of aromatic nitrogens is 1. The Labute approximate surface area is 128 Å². The van der Waals surface area contributed by atoms with Gasteiger partial charge in [0.25, 0.3) is 0 Å². The van der Waals surface area contributed by atoms with Gasteiger partial charge in [-0.1, -0.05) is 30.3 Å². The average Bonchev–Trinajstić information content (AvgIpc) is 2.99. The van der Waals surface area contributed by atoms with E-state index in [4.69, 9.17) is 0 Å². The summed E-state index contributed by atoms with van der Waals surface area (Å²) in [6.45, 7) is 2.35. The molecule has 0 aliphatic carbocycles. The first-order valence-corrected chi connectivity index (χ1v) is 7.69. The highest BCUT2D eigenvalue weighted by Crippen LogP contribution is 2.18. The molecule has 1 aromatic heterocycles. The first-order valence-electron chi connectivity index (χ1n) is 6.74. The molecule has 3 N–H and O–H groups in total. The van der Waals surface area contributed by atoms with E-state index in [0.717, 1.165) is 11.3 Å². The summed E-state index contributed by atoms with van der Waals surface area (Å²) < 4.78 is 0. The van der Waals surface area contributed by atoms with Gasteiger partial charge in [-0.3, -0.25) is 0 Å². The molecule has 112 valence electrons. The van der Waals surface area contributed by atoms with Gasteiger partial charge in [0.15, 0.2) is 0 Å². The van der Waals surface area contributed by atoms with Crippen LogP contribution in [0.1, 0.15) is 18.2 Å². The molecule has 1 unspecified atom stereocenters. The Kier molecular flexibility index (Phi) is 5.30. The molecule has 0 aliphatic rings. The molecule has 0 saturated heterocycles. The van der Waals surface area contributed by atoms with Crippen molar-refractivity contribution in [1.29, 1.82) is 0 Å². The molecule has 0 radical (unpaired) electrons. The Bertz CT molecular complexity index is 556. The van der Waals surface area contributed by atoms with Gasteiger partial charge in [0.1, 0.15) is 5.60 Å². The van der Waals surface area contributed by atoms with Crippen molar-refractivity contribution in [2.24, 2.45) is 0 Å². The number of aliphatic hydroxyl groups is 1. The fourth-order valence-electron chi connectivity index (χ4n) is 1.88. The highest BCUT2D eigenvalue weighted by molar-refractivity contribution is 7.07. The van der Waals surface area contributed by atoms with E-state index in [1.807, 2.05) is 35.7 Å². The lowest BCUT2D eigenvalue weighted by Gasteiger charge is -2.24. The number of nitrogens with zero attached hydrogens (tertiary/aromatic N) is 1. The summed E-state index contributed by atoms with van der Waals surface area (Å²) in [5.41, 5.74) is 2.42. The van der Waals surface area contributed by atoms with Crippen molar-refractivity contribution < 1.29 is 9.90 Å². The minimum atomic E-state index is -1.09. The van der Waals surface area contributed by atoms with Crippen molar-refractivity contribution in [2.75, 3.05) is 13.1 Å². The van der Waals surface area contributed by atoms with Gasteiger partial charge in [-0.25, -0.2) is 9.78 Å². The summed E-state index contributed by atoms with van der Waals surface area (Å²) in [6, 6.07) is 8.98. The van der Waals surface area contributed by atoms with Gasteiger partial charge in [-0.2, -0.15) is 0 Å². The van der Waals surface area contributed by atoms with Crippen LogP contribution >= 0.6 is 11.3 Å². The number of carbonyl (C=O) groups is 1. The quantitative estimate of drug-likeness (QED) is 0.763. The highest BCUT2D eigenvalue weighted by atomic mass is 32.1. The first kappa shape index (κ1) is 15.5. The maximum absolute atomic E-state index is 11.7.